The number of hydrogen-bond acceptors (Lipinski definition) is 2. The van der Waals surface area contributed by atoms with E-state index in [0.29, 0.717) is 17.9 Å². The molecule has 0 spiro atoms. The Balaban J connectivity index is 2.11. The van der Waals surface area contributed by atoms with E-state index in [2.05, 4.69) is 21.0 Å². The van der Waals surface area contributed by atoms with Crippen molar-refractivity contribution in [3.8, 4) is 0 Å². The van der Waals surface area contributed by atoms with Crippen molar-refractivity contribution < 1.29 is 4.79 Å². The van der Waals surface area contributed by atoms with Crippen molar-refractivity contribution in [1.82, 2.24) is 4.67 Å². The number of nitrogens with zero attached hydrogens (tertiary/aromatic N) is 1. The van der Waals surface area contributed by atoms with Crippen LogP contribution in [0.4, 0.5) is 0 Å². The van der Waals surface area contributed by atoms with Crippen molar-refractivity contribution in [2.24, 2.45) is 17.8 Å². The summed E-state index contributed by atoms with van der Waals surface area (Å²) >= 11 is 0. The van der Waals surface area contributed by atoms with Gasteiger partial charge >= 0.3 is 0 Å². The Morgan fingerprint density at radius 2 is 2.07 bits per heavy atom. The van der Waals surface area contributed by atoms with Gasteiger partial charge in [-0.1, -0.05) is 15.8 Å². The summed E-state index contributed by atoms with van der Waals surface area (Å²) in [5.41, 5.74) is 0. The van der Waals surface area contributed by atoms with E-state index < -0.39 is 0 Å². The lowest BCUT2D eigenvalue weighted by molar-refractivity contribution is -0.115. The minimum Gasteiger partial charge on any atom is -0.303 e. The first-order valence-electron chi connectivity index (χ1n) is 5.70. The van der Waals surface area contributed by atoms with E-state index in [1.54, 1.807) is 0 Å². The Hall–Kier alpha value is 0.0600. The molecular weight excluding hydrogens is 193 g/mol. The van der Waals surface area contributed by atoms with Gasteiger partial charge < -0.3 is 4.79 Å². The highest BCUT2D eigenvalue weighted by Crippen LogP contribution is 2.43. The van der Waals surface area contributed by atoms with Crippen LogP contribution < -0.4 is 0 Å². The van der Waals surface area contributed by atoms with Gasteiger partial charge in [-0.2, -0.15) is 0 Å². The average molecular weight is 213 g/mol. The van der Waals surface area contributed by atoms with Crippen molar-refractivity contribution in [3.05, 3.63) is 0 Å². The van der Waals surface area contributed by atoms with Gasteiger partial charge in [0.2, 0.25) is 0 Å². The van der Waals surface area contributed by atoms with Gasteiger partial charge in [-0.25, -0.2) is 0 Å². The molecule has 80 valence electrons. The van der Waals surface area contributed by atoms with E-state index in [-0.39, 0.29) is 0 Å². The first-order chi connectivity index (χ1) is 6.74. The fourth-order valence-electron chi connectivity index (χ4n) is 3.28. The van der Waals surface area contributed by atoms with Crippen LogP contribution >= 0.6 is 9.39 Å². The lowest BCUT2D eigenvalue weighted by atomic mass is 9.67. The molecule has 1 saturated heterocycles. The van der Waals surface area contributed by atoms with E-state index in [4.69, 9.17) is 0 Å². The third-order valence-corrected chi connectivity index (χ3v) is 4.94. The maximum Gasteiger partial charge on any atom is 0.123 e. The first-order valence-corrected chi connectivity index (χ1v) is 6.22. The number of hydrogen-bond donors (Lipinski definition) is 0. The van der Waals surface area contributed by atoms with Crippen molar-refractivity contribution in [2.45, 2.75) is 38.6 Å². The number of carbonyl (C=O) groups is 1. The lowest BCUT2D eigenvalue weighted by Crippen LogP contribution is -2.47. The lowest BCUT2D eigenvalue weighted by Gasteiger charge is -2.47. The van der Waals surface area contributed by atoms with E-state index in [0.717, 1.165) is 18.9 Å². The second kappa shape index (κ2) is 4.28. The molecule has 1 aliphatic heterocycles. The van der Waals surface area contributed by atoms with E-state index in [1.807, 2.05) is 0 Å². The molecule has 1 saturated carbocycles. The second-order valence-electron chi connectivity index (χ2n) is 4.83. The standard InChI is InChI=1S/C11H20NOP/c1-8-10-4-2-3-9(7-13)11(10)5-6-12(8)14/h7-11H,2-6,14H2,1H3. The van der Waals surface area contributed by atoms with Crippen molar-refractivity contribution in [2.75, 3.05) is 6.54 Å². The van der Waals surface area contributed by atoms with Crippen molar-refractivity contribution in [1.29, 1.82) is 0 Å². The first kappa shape index (κ1) is 10.6. The fourth-order valence-corrected chi connectivity index (χ4v) is 3.65. The molecule has 1 heterocycles. The molecule has 2 nitrogen and oxygen atoms in total. The van der Waals surface area contributed by atoms with Gasteiger partial charge in [0.25, 0.3) is 0 Å². The summed E-state index contributed by atoms with van der Waals surface area (Å²) in [6.45, 7) is 3.44. The minimum atomic E-state index is 0.356. The van der Waals surface area contributed by atoms with Crippen LogP contribution in [0.15, 0.2) is 0 Å². The van der Waals surface area contributed by atoms with Crippen LogP contribution in [0, 0.1) is 17.8 Å². The van der Waals surface area contributed by atoms with E-state index >= 15 is 0 Å². The Morgan fingerprint density at radius 3 is 2.79 bits per heavy atom. The second-order valence-corrected chi connectivity index (χ2v) is 5.49. The van der Waals surface area contributed by atoms with Crippen LogP contribution in [0.5, 0.6) is 0 Å². The van der Waals surface area contributed by atoms with Crippen LogP contribution in [0.2, 0.25) is 0 Å². The van der Waals surface area contributed by atoms with Gasteiger partial charge in [-0.15, -0.1) is 0 Å². The highest BCUT2D eigenvalue weighted by molar-refractivity contribution is 7.13. The summed E-state index contributed by atoms with van der Waals surface area (Å²) < 4.78 is 2.37. The van der Waals surface area contributed by atoms with Crippen molar-refractivity contribution >= 4 is 15.7 Å². The summed E-state index contributed by atoms with van der Waals surface area (Å²) in [5, 5.41) is 0. The molecule has 0 aromatic carbocycles. The highest BCUT2D eigenvalue weighted by atomic mass is 31.0. The number of aldehydes is 1. The zero-order valence-corrected chi connectivity index (χ0v) is 10.0. The van der Waals surface area contributed by atoms with Gasteiger partial charge in [0.1, 0.15) is 6.29 Å². The molecular formula is C11H20NOP. The normalized spacial score (nSPS) is 44.4. The molecule has 0 amide bonds. The number of fused-ring (bicyclic) bond motifs is 1. The van der Waals surface area contributed by atoms with Crippen LogP contribution in [0.3, 0.4) is 0 Å². The highest BCUT2D eigenvalue weighted by Gasteiger charge is 2.40. The van der Waals surface area contributed by atoms with Crippen LogP contribution in [0.25, 0.3) is 0 Å². The summed E-state index contributed by atoms with van der Waals surface area (Å²) in [6.07, 6.45) is 6.12. The summed E-state index contributed by atoms with van der Waals surface area (Å²) in [7, 11) is 2.83. The Kier molecular flexibility index (Phi) is 3.23. The Morgan fingerprint density at radius 1 is 1.29 bits per heavy atom. The summed E-state index contributed by atoms with van der Waals surface area (Å²) in [4.78, 5) is 11.0. The summed E-state index contributed by atoms with van der Waals surface area (Å²) in [6, 6.07) is 0.640. The monoisotopic (exact) mass is 213 g/mol. The molecule has 5 unspecified atom stereocenters. The van der Waals surface area contributed by atoms with Gasteiger partial charge in [0.15, 0.2) is 0 Å². The maximum absolute atomic E-state index is 11.0. The molecule has 2 fully saturated rings. The maximum atomic E-state index is 11.0. The van der Waals surface area contributed by atoms with E-state index in [9.17, 15) is 4.79 Å². The van der Waals surface area contributed by atoms with Crippen LogP contribution in [-0.2, 0) is 4.79 Å². The smallest absolute Gasteiger partial charge is 0.123 e. The molecule has 1 aliphatic carbocycles. The molecule has 0 radical (unpaired) electrons. The van der Waals surface area contributed by atoms with Gasteiger partial charge in [-0.3, -0.25) is 4.67 Å². The molecule has 0 aromatic heterocycles. The molecule has 2 aliphatic rings. The summed E-state index contributed by atoms with van der Waals surface area (Å²) in [5.74, 6) is 1.79. The third kappa shape index (κ3) is 1.75. The number of carbonyl (C=O) groups excluding carboxylic acids is 1. The van der Waals surface area contributed by atoms with Gasteiger partial charge in [0, 0.05) is 18.5 Å². The molecule has 5 atom stereocenters. The fraction of sp³-hybridized carbons (Fsp3) is 0.909. The average Bonchev–Trinajstić information content (AvgIpc) is 2.23. The number of rotatable bonds is 1. The topological polar surface area (TPSA) is 20.3 Å². The molecule has 14 heavy (non-hydrogen) atoms. The number of piperidine rings is 1. The quantitative estimate of drug-likeness (QED) is 0.491. The zero-order valence-electron chi connectivity index (χ0n) is 8.86. The SMILES string of the molecule is CC1C2CCCC(C=O)C2CCN1P. The Labute approximate surface area is 88.7 Å². The van der Waals surface area contributed by atoms with Crippen LogP contribution in [-0.4, -0.2) is 23.5 Å². The molecule has 2 rings (SSSR count). The van der Waals surface area contributed by atoms with Gasteiger partial charge in [0.05, 0.1) is 0 Å². The minimum absolute atomic E-state index is 0.356. The van der Waals surface area contributed by atoms with Gasteiger partial charge in [-0.05, 0) is 38.0 Å². The van der Waals surface area contributed by atoms with Crippen molar-refractivity contribution in [3.63, 3.8) is 0 Å². The third-order valence-electron chi connectivity index (χ3n) is 4.21. The zero-order chi connectivity index (χ0) is 10.1. The Bertz CT molecular complexity index is 221. The predicted molar refractivity (Wildman–Crippen MR) is 60.9 cm³/mol. The van der Waals surface area contributed by atoms with E-state index in [1.165, 1.54) is 25.5 Å². The predicted octanol–water partition coefficient (Wildman–Crippen LogP) is 2.10. The molecule has 3 heteroatoms. The van der Waals surface area contributed by atoms with Crippen LogP contribution in [0.1, 0.15) is 32.6 Å². The molecule has 0 bridgehead atoms. The molecule has 0 N–H and O–H groups in total. The largest absolute Gasteiger partial charge is 0.303 e. The molecule has 0 aromatic rings.